The summed E-state index contributed by atoms with van der Waals surface area (Å²) in [4.78, 5) is 9.23. The summed E-state index contributed by atoms with van der Waals surface area (Å²) in [6, 6.07) is 7.96. The van der Waals surface area contributed by atoms with Crippen LogP contribution in [0.2, 0.25) is 0 Å². The largest absolute Gasteiger partial charge is 0.382 e. The molecular formula is C19H25BrN4O3. The van der Waals surface area contributed by atoms with Gasteiger partial charge in [-0.15, -0.1) is 17.0 Å². The monoisotopic (exact) mass is 436 g/mol. The number of rotatable bonds is 5. The molecule has 0 radical (unpaired) electrons. The van der Waals surface area contributed by atoms with Crippen LogP contribution in [0.25, 0.3) is 21.9 Å². The number of pyridine rings is 1. The van der Waals surface area contributed by atoms with Gasteiger partial charge in [0, 0.05) is 12.0 Å². The molecule has 0 bridgehead atoms. The number of benzene rings is 1. The molecule has 1 atom stereocenters. The fourth-order valence-corrected chi connectivity index (χ4v) is 3.46. The zero-order valence-electron chi connectivity index (χ0n) is 15.8. The number of halogens is 1. The van der Waals surface area contributed by atoms with Crippen molar-refractivity contribution in [3.63, 3.8) is 0 Å². The lowest BCUT2D eigenvalue weighted by molar-refractivity contribution is -0.139. The third-order valence-electron chi connectivity index (χ3n) is 4.58. The average molecular weight is 437 g/mol. The van der Waals surface area contributed by atoms with Crippen molar-refractivity contribution in [1.29, 1.82) is 0 Å². The Morgan fingerprint density at radius 1 is 1.30 bits per heavy atom. The third kappa shape index (κ3) is 3.80. The van der Waals surface area contributed by atoms with E-state index in [0.717, 1.165) is 22.2 Å². The first-order chi connectivity index (χ1) is 12.5. The molecule has 1 fully saturated rings. The lowest BCUT2D eigenvalue weighted by Crippen LogP contribution is -2.25. The highest BCUT2D eigenvalue weighted by Crippen LogP contribution is 2.31. The van der Waals surface area contributed by atoms with Gasteiger partial charge in [0.15, 0.2) is 11.6 Å². The fraction of sp³-hybridized carbons (Fsp3) is 0.474. The molecule has 3 aromatic rings. The van der Waals surface area contributed by atoms with Gasteiger partial charge in [0.25, 0.3) is 0 Å². The Morgan fingerprint density at radius 3 is 2.78 bits per heavy atom. The van der Waals surface area contributed by atoms with Gasteiger partial charge in [-0.2, -0.15) is 0 Å². The minimum Gasteiger partial charge on any atom is -0.382 e. The molecule has 3 heterocycles. The highest BCUT2D eigenvalue weighted by molar-refractivity contribution is 8.93. The number of hydrogen-bond acceptors (Lipinski definition) is 6. The van der Waals surface area contributed by atoms with E-state index < -0.39 is 5.79 Å². The van der Waals surface area contributed by atoms with E-state index in [9.17, 15) is 0 Å². The quantitative estimate of drug-likeness (QED) is 0.659. The Hall–Kier alpha value is -1.74. The first-order valence-corrected chi connectivity index (χ1v) is 8.91. The highest BCUT2D eigenvalue weighted by atomic mass is 79.9. The number of nitrogens with zero attached hydrogens (tertiary/aromatic N) is 3. The van der Waals surface area contributed by atoms with Gasteiger partial charge >= 0.3 is 0 Å². The Bertz CT molecular complexity index is 957. The maximum atomic E-state index is 6.20. The molecule has 7 nitrogen and oxygen atoms in total. The van der Waals surface area contributed by atoms with Crippen LogP contribution >= 0.6 is 17.0 Å². The number of hydrogen-bond donors (Lipinski definition) is 1. The molecule has 0 spiro atoms. The lowest BCUT2D eigenvalue weighted by atomic mass is 10.2. The molecule has 1 aromatic carbocycles. The number of nitrogen functional groups attached to an aromatic ring is 1. The molecule has 1 aliphatic rings. The molecule has 0 unspecified atom stereocenters. The molecule has 0 aliphatic carbocycles. The normalized spacial score (nSPS) is 18.9. The van der Waals surface area contributed by atoms with Crippen LogP contribution in [0.1, 0.15) is 26.6 Å². The van der Waals surface area contributed by atoms with Crippen LogP contribution in [0.3, 0.4) is 0 Å². The summed E-state index contributed by atoms with van der Waals surface area (Å²) in [6.45, 7) is 8.02. The van der Waals surface area contributed by atoms with Gasteiger partial charge in [-0.1, -0.05) is 18.2 Å². The topological polar surface area (TPSA) is 84.4 Å². The lowest BCUT2D eigenvalue weighted by Gasteiger charge is -2.18. The highest BCUT2D eigenvalue weighted by Gasteiger charge is 2.33. The Labute approximate surface area is 168 Å². The summed E-state index contributed by atoms with van der Waals surface area (Å²) in [5.41, 5.74) is 8.73. The van der Waals surface area contributed by atoms with Crippen molar-refractivity contribution < 1.29 is 14.2 Å². The first kappa shape index (κ1) is 20.0. The predicted molar refractivity (Wildman–Crippen MR) is 110 cm³/mol. The van der Waals surface area contributed by atoms with Crippen molar-refractivity contribution in [2.24, 2.45) is 0 Å². The first-order valence-electron chi connectivity index (χ1n) is 8.91. The van der Waals surface area contributed by atoms with Crippen LogP contribution in [-0.2, 0) is 27.4 Å². The summed E-state index contributed by atoms with van der Waals surface area (Å²) < 4.78 is 19.5. The summed E-state index contributed by atoms with van der Waals surface area (Å²) in [5, 5.41) is 1.02. The maximum absolute atomic E-state index is 6.20. The van der Waals surface area contributed by atoms with Gasteiger partial charge in [-0.05, 0) is 26.8 Å². The third-order valence-corrected chi connectivity index (χ3v) is 4.58. The van der Waals surface area contributed by atoms with Gasteiger partial charge in [0.1, 0.15) is 24.1 Å². The smallest absolute Gasteiger partial charge is 0.163 e. The average Bonchev–Trinajstić information content (AvgIpc) is 3.14. The minimum atomic E-state index is -0.566. The molecule has 2 aromatic heterocycles. The van der Waals surface area contributed by atoms with Crippen molar-refractivity contribution in [2.75, 3.05) is 18.9 Å². The molecule has 4 rings (SSSR count). The van der Waals surface area contributed by atoms with Gasteiger partial charge in [0.05, 0.1) is 24.2 Å². The summed E-state index contributed by atoms with van der Waals surface area (Å²) in [7, 11) is 0. The number of aromatic nitrogens is 3. The van der Waals surface area contributed by atoms with Crippen molar-refractivity contribution in [3.8, 4) is 0 Å². The Morgan fingerprint density at radius 2 is 2.07 bits per heavy atom. The molecule has 1 saturated heterocycles. The van der Waals surface area contributed by atoms with E-state index in [2.05, 4.69) is 9.55 Å². The number of para-hydroxylation sites is 1. The second kappa shape index (κ2) is 7.71. The van der Waals surface area contributed by atoms with E-state index in [1.165, 1.54) is 0 Å². The van der Waals surface area contributed by atoms with Crippen molar-refractivity contribution >= 4 is 44.7 Å². The van der Waals surface area contributed by atoms with E-state index in [1.54, 1.807) is 0 Å². The maximum Gasteiger partial charge on any atom is 0.163 e. The minimum absolute atomic E-state index is 0. The number of ether oxygens (including phenoxy) is 3. The van der Waals surface area contributed by atoms with E-state index in [4.69, 9.17) is 24.9 Å². The van der Waals surface area contributed by atoms with Crippen molar-refractivity contribution in [2.45, 2.75) is 45.8 Å². The van der Waals surface area contributed by atoms with Crippen LogP contribution < -0.4 is 5.73 Å². The van der Waals surface area contributed by atoms with Crippen LogP contribution in [-0.4, -0.2) is 39.6 Å². The Kier molecular flexibility index (Phi) is 5.71. The molecule has 0 saturated carbocycles. The van der Waals surface area contributed by atoms with E-state index >= 15 is 0 Å². The van der Waals surface area contributed by atoms with Gasteiger partial charge in [-0.3, -0.25) is 0 Å². The van der Waals surface area contributed by atoms with Crippen molar-refractivity contribution in [3.05, 3.63) is 30.1 Å². The second-order valence-electron chi connectivity index (χ2n) is 6.94. The number of fused-ring (bicyclic) bond motifs is 3. The summed E-state index contributed by atoms with van der Waals surface area (Å²) >= 11 is 0. The molecule has 27 heavy (non-hydrogen) atoms. The zero-order valence-corrected chi connectivity index (χ0v) is 17.5. The van der Waals surface area contributed by atoms with E-state index in [1.807, 2.05) is 45.0 Å². The van der Waals surface area contributed by atoms with Gasteiger partial charge < -0.3 is 24.5 Å². The van der Waals surface area contributed by atoms with E-state index in [0.29, 0.717) is 37.7 Å². The number of imidazole rings is 1. The van der Waals surface area contributed by atoms with Crippen LogP contribution in [0, 0.1) is 0 Å². The standard InChI is InChI=1S/C19H24N4O3.BrH/c1-4-24-11-15-22-16-17(13-7-5-6-8-14(13)21-18(16)20)23(15)9-12-10-25-19(2,3)26-12;/h5-8,12H,4,9-11H2,1-3H3,(H2,20,21);1H/t12-;/m1./s1. The van der Waals surface area contributed by atoms with E-state index in [-0.39, 0.29) is 23.1 Å². The van der Waals surface area contributed by atoms with Gasteiger partial charge in [-0.25, -0.2) is 9.97 Å². The summed E-state index contributed by atoms with van der Waals surface area (Å²) in [5.74, 6) is 0.684. The van der Waals surface area contributed by atoms with Crippen LogP contribution in [0.15, 0.2) is 24.3 Å². The van der Waals surface area contributed by atoms with Crippen molar-refractivity contribution in [1.82, 2.24) is 14.5 Å². The SMILES string of the molecule is Br.CCOCc1nc2c(N)nc3ccccc3c2n1C[C@@H]1COC(C)(C)O1. The molecule has 1 aliphatic heterocycles. The number of anilines is 1. The number of nitrogens with two attached hydrogens (primary N) is 1. The van der Waals surface area contributed by atoms with Crippen LogP contribution in [0.5, 0.6) is 0 Å². The molecule has 146 valence electrons. The predicted octanol–water partition coefficient (Wildman–Crippen LogP) is 3.43. The van der Waals surface area contributed by atoms with Crippen LogP contribution in [0.4, 0.5) is 5.82 Å². The van der Waals surface area contributed by atoms with Gasteiger partial charge in [0.2, 0.25) is 0 Å². The Balaban J connectivity index is 0.00000210. The fourth-order valence-electron chi connectivity index (χ4n) is 3.46. The molecule has 2 N–H and O–H groups in total. The molecule has 0 amide bonds. The zero-order chi connectivity index (χ0) is 18.3. The summed E-state index contributed by atoms with van der Waals surface area (Å²) in [6.07, 6.45) is -0.0593. The second-order valence-corrected chi connectivity index (χ2v) is 6.94. The molecular weight excluding hydrogens is 412 g/mol. The molecule has 8 heteroatoms.